The van der Waals surface area contributed by atoms with Gasteiger partial charge in [-0.2, -0.15) is 5.10 Å². The molecule has 2 aromatic carbocycles. The molecule has 3 N–H and O–H groups in total. The molecule has 0 saturated carbocycles. The van der Waals surface area contributed by atoms with Crippen molar-refractivity contribution >= 4 is 34.3 Å². The molecule has 0 bridgehead atoms. The minimum Gasteiger partial charge on any atom is -0.493 e. The van der Waals surface area contributed by atoms with Gasteiger partial charge in [0.2, 0.25) is 5.13 Å². The number of ketones is 1. The average molecular weight is 382 g/mol. The van der Waals surface area contributed by atoms with E-state index >= 15 is 0 Å². The van der Waals surface area contributed by atoms with Gasteiger partial charge in [0.1, 0.15) is 5.82 Å². The Balaban J connectivity index is 1.62. The molecule has 0 saturated heterocycles. The SMILES string of the molecule is COc1cc(C=NNc2nc(N)cs2)ccc1OCC(=O)c1ccccc1. The molecule has 0 aliphatic heterocycles. The number of carbonyl (C=O) groups excluding carboxylic acids is 1. The van der Waals surface area contributed by atoms with Crippen molar-refractivity contribution in [3.8, 4) is 11.5 Å². The smallest absolute Gasteiger partial charge is 0.205 e. The summed E-state index contributed by atoms with van der Waals surface area (Å²) in [5, 5.41) is 6.44. The Kier molecular flexibility index (Phi) is 6.01. The Bertz CT molecular complexity index is 941. The molecule has 3 aromatic rings. The molecule has 0 radical (unpaired) electrons. The van der Waals surface area contributed by atoms with E-state index in [-0.39, 0.29) is 12.4 Å². The van der Waals surface area contributed by atoms with Gasteiger partial charge in [-0.05, 0) is 23.8 Å². The summed E-state index contributed by atoms with van der Waals surface area (Å²) >= 11 is 1.36. The van der Waals surface area contributed by atoms with Crippen LogP contribution in [0.1, 0.15) is 15.9 Å². The number of Topliss-reactive ketones (excluding diaryl/α,β-unsaturated/α-hetero) is 1. The molecular weight excluding hydrogens is 364 g/mol. The number of benzene rings is 2. The summed E-state index contributed by atoms with van der Waals surface area (Å²) in [7, 11) is 1.54. The first-order chi connectivity index (χ1) is 13.2. The van der Waals surface area contributed by atoms with Gasteiger partial charge >= 0.3 is 0 Å². The van der Waals surface area contributed by atoms with Gasteiger partial charge in [0, 0.05) is 10.9 Å². The summed E-state index contributed by atoms with van der Waals surface area (Å²) in [6.07, 6.45) is 1.62. The number of rotatable bonds is 8. The molecule has 0 atom stereocenters. The molecule has 0 aliphatic rings. The zero-order chi connectivity index (χ0) is 19.1. The van der Waals surface area contributed by atoms with E-state index in [2.05, 4.69) is 15.5 Å². The van der Waals surface area contributed by atoms with Crippen molar-refractivity contribution in [3.05, 3.63) is 65.0 Å². The summed E-state index contributed by atoms with van der Waals surface area (Å²) in [6.45, 7) is -0.0686. The molecule has 3 rings (SSSR count). The fourth-order valence-corrected chi connectivity index (χ4v) is 2.78. The third kappa shape index (κ3) is 5.05. The summed E-state index contributed by atoms with van der Waals surface area (Å²) in [5.74, 6) is 1.35. The monoisotopic (exact) mass is 382 g/mol. The number of hydrogen-bond acceptors (Lipinski definition) is 8. The first-order valence-corrected chi connectivity index (χ1v) is 8.93. The van der Waals surface area contributed by atoms with E-state index in [1.54, 1.807) is 43.0 Å². The number of nitrogens with one attached hydrogen (secondary N) is 1. The highest BCUT2D eigenvalue weighted by atomic mass is 32.1. The van der Waals surface area contributed by atoms with Crippen molar-refractivity contribution in [2.45, 2.75) is 0 Å². The molecule has 0 unspecified atom stereocenters. The average Bonchev–Trinajstić information content (AvgIpc) is 3.12. The van der Waals surface area contributed by atoms with Crippen LogP contribution in [-0.4, -0.2) is 30.7 Å². The molecule has 138 valence electrons. The molecule has 0 fully saturated rings. The lowest BCUT2D eigenvalue weighted by molar-refractivity contribution is 0.0919. The number of nitrogens with two attached hydrogens (primary N) is 1. The maximum atomic E-state index is 12.2. The van der Waals surface area contributed by atoms with Gasteiger partial charge in [-0.3, -0.25) is 10.2 Å². The van der Waals surface area contributed by atoms with E-state index in [1.807, 2.05) is 24.3 Å². The van der Waals surface area contributed by atoms with E-state index in [1.165, 1.54) is 11.3 Å². The van der Waals surface area contributed by atoms with Crippen LogP contribution < -0.4 is 20.6 Å². The van der Waals surface area contributed by atoms with Crippen LogP contribution >= 0.6 is 11.3 Å². The Labute approximate surface area is 160 Å². The predicted molar refractivity (Wildman–Crippen MR) is 107 cm³/mol. The number of thiazole rings is 1. The van der Waals surface area contributed by atoms with Gasteiger partial charge in [0.25, 0.3) is 0 Å². The molecule has 8 heteroatoms. The van der Waals surface area contributed by atoms with Crippen molar-refractivity contribution < 1.29 is 14.3 Å². The topological polar surface area (TPSA) is 98.8 Å². The normalized spacial score (nSPS) is 10.7. The molecule has 1 aromatic heterocycles. The first kappa shape index (κ1) is 18.4. The fourth-order valence-electron chi connectivity index (χ4n) is 2.23. The Morgan fingerprint density at radius 2 is 2.07 bits per heavy atom. The van der Waals surface area contributed by atoms with Crippen LogP contribution in [0.2, 0.25) is 0 Å². The van der Waals surface area contributed by atoms with Crippen LogP contribution in [0.4, 0.5) is 10.9 Å². The Morgan fingerprint density at radius 3 is 2.78 bits per heavy atom. The van der Waals surface area contributed by atoms with Crippen molar-refractivity contribution in [2.24, 2.45) is 5.10 Å². The molecule has 0 aliphatic carbocycles. The second-order valence-electron chi connectivity index (χ2n) is 5.44. The summed E-state index contributed by atoms with van der Waals surface area (Å²) in [5.41, 5.74) is 9.76. The number of nitrogen functional groups attached to an aromatic ring is 1. The number of methoxy groups -OCH3 is 1. The highest BCUT2D eigenvalue weighted by Gasteiger charge is 2.10. The number of ether oxygens (including phenoxy) is 2. The van der Waals surface area contributed by atoms with Gasteiger partial charge in [-0.1, -0.05) is 30.3 Å². The lowest BCUT2D eigenvalue weighted by atomic mass is 10.1. The van der Waals surface area contributed by atoms with Crippen molar-refractivity contribution in [1.29, 1.82) is 0 Å². The molecule has 7 nitrogen and oxygen atoms in total. The van der Waals surface area contributed by atoms with Gasteiger partial charge in [-0.15, -0.1) is 11.3 Å². The lowest BCUT2D eigenvalue weighted by Gasteiger charge is -2.10. The summed E-state index contributed by atoms with van der Waals surface area (Å²) < 4.78 is 11.0. The standard InChI is InChI=1S/C19H18N4O3S/c1-25-17-9-13(10-21-23-19-22-18(20)12-27-19)7-8-16(17)26-11-15(24)14-5-3-2-4-6-14/h2-10,12H,11,20H2,1H3,(H,22,23). The van der Waals surface area contributed by atoms with Gasteiger partial charge < -0.3 is 15.2 Å². The minimum absolute atomic E-state index is 0.0686. The molecule has 27 heavy (non-hydrogen) atoms. The highest BCUT2D eigenvalue weighted by Crippen LogP contribution is 2.27. The number of anilines is 2. The largest absolute Gasteiger partial charge is 0.493 e. The predicted octanol–water partition coefficient (Wildman–Crippen LogP) is 3.44. The third-order valence-corrected chi connectivity index (χ3v) is 4.30. The van der Waals surface area contributed by atoms with E-state index in [4.69, 9.17) is 15.2 Å². The number of nitrogens with zero attached hydrogens (tertiary/aromatic N) is 2. The van der Waals surface area contributed by atoms with Crippen LogP contribution in [-0.2, 0) is 0 Å². The number of aromatic nitrogens is 1. The third-order valence-electron chi connectivity index (χ3n) is 3.54. The molecular formula is C19H18N4O3S. The van der Waals surface area contributed by atoms with Gasteiger partial charge in [0.15, 0.2) is 23.9 Å². The van der Waals surface area contributed by atoms with Crippen LogP contribution in [0.5, 0.6) is 11.5 Å². The van der Waals surface area contributed by atoms with Gasteiger partial charge in [0.05, 0.1) is 13.3 Å². The highest BCUT2D eigenvalue weighted by molar-refractivity contribution is 7.14. The maximum absolute atomic E-state index is 12.2. The van der Waals surface area contributed by atoms with E-state index in [9.17, 15) is 4.79 Å². The summed E-state index contributed by atoms with van der Waals surface area (Å²) in [6, 6.07) is 14.3. The zero-order valence-corrected chi connectivity index (χ0v) is 15.4. The molecule has 1 heterocycles. The van der Waals surface area contributed by atoms with E-state index in [0.29, 0.717) is 28.0 Å². The van der Waals surface area contributed by atoms with Crippen molar-refractivity contribution in [3.63, 3.8) is 0 Å². The fraction of sp³-hybridized carbons (Fsp3) is 0.105. The van der Waals surface area contributed by atoms with E-state index in [0.717, 1.165) is 5.56 Å². The van der Waals surface area contributed by atoms with Crippen molar-refractivity contribution in [2.75, 3.05) is 24.9 Å². The van der Waals surface area contributed by atoms with Crippen molar-refractivity contribution in [1.82, 2.24) is 4.98 Å². The van der Waals surface area contributed by atoms with Gasteiger partial charge in [-0.25, -0.2) is 4.98 Å². The lowest BCUT2D eigenvalue weighted by Crippen LogP contribution is -2.12. The van der Waals surface area contributed by atoms with E-state index < -0.39 is 0 Å². The quantitative estimate of drug-likeness (QED) is 0.352. The van der Waals surface area contributed by atoms with Crippen LogP contribution in [0, 0.1) is 0 Å². The van der Waals surface area contributed by atoms with Crippen LogP contribution in [0.3, 0.4) is 0 Å². The number of hydrogen-bond donors (Lipinski definition) is 2. The minimum atomic E-state index is -0.102. The van der Waals surface area contributed by atoms with Crippen LogP contribution in [0.25, 0.3) is 0 Å². The first-order valence-electron chi connectivity index (χ1n) is 8.05. The Morgan fingerprint density at radius 1 is 1.26 bits per heavy atom. The second-order valence-corrected chi connectivity index (χ2v) is 6.29. The Hall–Kier alpha value is -3.39. The second kappa shape index (κ2) is 8.81. The molecule has 0 spiro atoms. The molecule has 0 amide bonds. The maximum Gasteiger partial charge on any atom is 0.205 e. The number of hydrazone groups is 1. The van der Waals surface area contributed by atoms with Crippen LogP contribution in [0.15, 0.2) is 59.0 Å². The number of carbonyl (C=O) groups is 1. The zero-order valence-electron chi connectivity index (χ0n) is 14.6. The summed E-state index contributed by atoms with van der Waals surface area (Å²) in [4.78, 5) is 16.2.